The van der Waals surface area contributed by atoms with Crippen molar-refractivity contribution in [3.63, 3.8) is 0 Å². The van der Waals surface area contributed by atoms with Gasteiger partial charge in [0.25, 0.3) is 0 Å². The van der Waals surface area contributed by atoms with Crippen molar-refractivity contribution in [1.29, 1.82) is 0 Å². The molecule has 1 fully saturated rings. The van der Waals surface area contributed by atoms with Crippen LogP contribution in [0.5, 0.6) is 0 Å². The Bertz CT molecular complexity index is 626. The van der Waals surface area contributed by atoms with E-state index in [4.69, 9.17) is 0 Å². The molecule has 0 bridgehead atoms. The molecule has 0 spiro atoms. The van der Waals surface area contributed by atoms with Crippen molar-refractivity contribution in [2.75, 3.05) is 5.32 Å². The van der Waals surface area contributed by atoms with Crippen LogP contribution in [0, 0.1) is 11.8 Å². The van der Waals surface area contributed by atoms with Gasteiger partial charge in [0.1, 0.15) is 5.51 Å². The summed E-state index contributed by atoms with van der Waals surface area (Å²) < 4.78 is 0. The summed E-state index contributed by atoms with van der Waals surface area (Å²) >= 11 is 1.30. The molecule has 1 aromatic rings. The first-order valence-electron chi connectivity index (χ1n) is 11.3. The topological polar surface area (TPSA) is 116 Å². The molecule has 170 valence electrons. The number of aliphatic hydroxyl groups excluding tert-OH is 3. The van der Waals surface area contributed by atoms with E-state index in [1.807, 2.05) is 6.08 Å². The quantitative estimate of drug-likeness (QED) is 0.260. The predicted octanol–water partition coefficient (Wildman–Crippen LogP) is 3.67. The molecule has 0 aromatic carbocycles. The summed E-state index contributed by atoms with van der Waals surface area (Å²) in [5.41, 5.74) is 1.58. The standard InChI is InChI=1S/C22H37N3O4S/c1-2-3-6-9-16(26)12-13-18-17(19(27)14-20(18)28)10-7-4-5-8-11-21(29)24-22-25-23-15-30-22/h12-13,15-20,26-28H,2-11,14H2,1H3,(H,24,25,29)/b13-12+/t16-,17+,18+,19-,20+/m0/s1. The lowest BCUT2D eigenvalue weighted by Gasteiger charge is -2.21. The third kappa shape index (κ3) is 8.79. The van der Waals surface area contributed by atoms with Crippen LogP contribution < -0.4 is 5.32 Å². The Kier molecular flexibility index (Phi) is 11.5. The Hall–Kier alpha value is -1.35. The highest BCUT2D eigenvalue weighted by molar-refractivity contribution is 7.13. The van der Waals surface area contributed by atoms with E-state index in [0.29, 0.717) is 18.0 Å². The van der Waals surface area contributed by atoms with Gasteiger partial charge in [-0.15, -0.1) is 10.2 Å². The first kappa shape index (κ1) is 24.9. The Morgan fingerprint density at radius 2 is 2.03 bits per heavy atom. The fourth-order valence-electron chi connectivity index (χ4n) is 4.16. The molecule has 1 heterocycles. The molecule has 1 saturated carbocycles. The number of nitrogens with zero attached hydrogens (tertiary/aromatic N) is 2. The Balaban J connectivity index is 1.65. The maximum atomic E-state index is 11.8. The molecular weight excluding hydrogens is 402 g/mol. The van der Waals surface area contributed by atoms with Gasteiger partial charge in [0.05, 0.1) is 18.3 Å². The van der Waals surface area contributed by atoms with Crippen molar-refractivity contribution in [3.05, 3.63) is 17.7 Å². The first-order chi connectivity index (χ1) is 14.5. The zero-order chi connectivity index (χ0) is 21.8. The number of carbonyl (C=O) groups is 1. The second-order valence-corrected chi connectivity index (χ2v) is 9.14. The molecule has 1 aliphatic carbocycles. The lowest BCUT2D eigenvalue weighted by molar-refractivity contribution is -0.116. The maximum absolute atomic E-state index is 11.8. The molecule has 2 rings (SSSR count). The van der Waals surface area contributed by atoms with Gasteiger partial charge in [-0.2, -0.15) is 0 Å². The number of hydrogen-bond acceptors (Lipinski definition) is 7. The summed E-state index contributed by atoms with van der Waals surface area (Å²) in [6, 6.07) is 0. The van der Waals surface area contributed by atoms with Crippen LogP contribution >= 0.6 is 11.3 Å². The van der Waals surface area contributed by atoms with Crippen LogP contribution in [0.1, 0.15) is 77.6 Å². The third-order valence-corrected chi connectivity index (χ3v) is 6.48. The van der Waals surface area contributed by atoms with Crippen LogP contribution in [0.2, 0.25) is 0 Å². The zero-order valence-electron chi connectivity index (χ0n) is 17.9. The molecule has 1 aliphatic rings. The van der Waals surface area contributed by atoms with E-state index in [1.165, 1.54) is 11.3 Å². The molecule has 4 N–H and O–H groups in total. The summed E-state index contributed by atoms with van der Waals surface area (Å²) in [5.74, 6) is -0.109. The second-order valence-electron chi connectivity index (χ2n) is 8.30. The summed E-state index contributed by atoms with van der Waals surface area (Å²) in [4.78, 5) is 11.8. The van der Waals surface area contributed by atoms with Gasteiger partial charge in [0, 0.05) is 18.8 Å². The van der Waals surface area contributed by atoms with Crippen molar-refractivity contribution in [2.45, 2.75) is 95.9 Å². The average molecular weight is 440 g/mol. The highest BCUT2D eigenvalue weighted by Gasteiger charge is 2.39. The van der Waals surface area contributed by atoms with Gasteiger partial charge in [-0.25, -0.2) is 0 Å². The van der Waals surface area contributed by atoms with E-state index in [2.05, 4.69) is 22.4 Å². The number of aromatic nitrogens is 2. The average Bonchev–Trinajstić information content (AvgIpc) is 3.30. The number of carbonyl (C=O) groups excluding carboxylic acids is 1. The number of nitrogens with one attached hydrogen (secondary N) is 1. The van der Waals surface area contributed by atoms with Gasteiger partial charge in [0.15, 0.2) is 0 Å². The molecule has 0 saturated heterocycles. The minimum Gasteiger partial charge on any atom is -0.393 e. The SMILES string of the molecule is CCCCC[C@H](O)/C=C/[C@@H]1[C@@H](CCCCCCC(=O)Nc2nncs2)[C@@H](O)C[C@H]1O. The fraction of sp³-hybridized carbons (Fsp3) is 0.773. The molecule has 0 radical (unpaired) electrons. The molecule has 7 nitrogen and oxygen atoms in total. The van der Waals surface area contributed by atoms with Gasteiger partial charge in [0.2, 0.25) is 11.0 Å². The van der Waals surface area contributed by atoms with Crippen molar-refractivity contribution < 1.29 is 20.1 Å². The minimum absolute atomic E-state index is 0.0276. The highest BCUT2D eigenvalue weighted by Crippen LogP contribution is 2.37. The van der Waals surface area contributed by atoms with Gasteiger partial charge in [-0.1, -0.05) is 68.9 Å². The monoisotopic (exact) mass is 439 g/mol. The molecule has 8 heteroatoms. The number of unbranched alkanes of at least 4 members (excludes halogenated alkanes) is 5. The molecule has 30 heavy (non-hydrogen) atoms. The smallest absolute Gasteiger partial charge is 0.226 e. The van der Waals surface area contributed by atoms with Crippen LogP contribution in [0.15, 0.2) is 17.7 Å². The third-order valence-electron chi connectivity index (χ3n) is 5.87. The lowest BCUT2D eigenvalue weighted by Crippen LogP contribution is -2.21. The molecule has 1 aromatic heterocycles. The number of rotatable bonds is 14. The van der Waals surface area contributed by atoms with Crippen molar-refractivity contribution in [2.24, 2.45) is 11.8 Å². The summed E-state index contributed by atoms with van der Waals surface area (Å²) in [6.45, 7) is 2.14. The Labute approximate surface area is 183 Å². The van der Waals surface area contributed by atoms with Crippen LogP contribution in [0.3, 0.4) is 0 Å². The van der Waals surface area contributed by atoms with Crippen molar-refractivity contribution >= 4 is 22.4 Å². The maximum Gasteiger partial charge on any atom is 0.226 e. The normalized spacial score (nSPS) is 25.1. The van der Waals surface area contributed by atoms with Gasteiger partial charge in [-0.3, -0.25) is 4.79 Å². The van der Waals surface area contributed by atoms with Crippen LogP contribution in [0.25, 0.3) is 0 Å². The van der Waals surface area contributed by atoms with Crippen LogP contribution in [-0.4, -0.2) is 49.7 Å². The Morgan fingerprint density at radius 3 is 2.77 bits per heavy atom. The largest absolute Gasteiger partial charge is 0.393 e. The highest BCUT2D eigenvalue weighted by atomic mass is 32.1. The summed E-state index contributed by atoms with van der Waals surface area (Å²) in [7, 11) is 0. The number of amides is 1. The zero-order valence-corrected chi connectivity index (χ0v) is 18.8. The second kappa shape index (κ2) is 13.9. The first-order valence-corrected chi connectivity index (χ1v) is 12.2. The van der Waals surface area contributed by atoms with Gasteiger partial charge >= 0.3 is 0 Å². The van der Waals surface area contributed by atoms with Crippen molar-refractivity contribution in [3.8, 4) is 0 Å². The minimum atomic E-state index is -0.548. The van der Waals surface area contributed by atoms with Gasteiger partial charge in [-0.05, 0) is 25.2 Å². The molecule has 0 aliphatic heterocycles. The van der Waals surface area contributed by atoms with Gasteiger partial charge < -0.3 is 20.6 Å². The number of hydrogen-bond donors (Lipinski definition) is 4. The molecule has 5 atom stereocenters. The van der Waals surface area contributed by atoms with Crippen molar-refractivity contribution in [1.82, 2.24) is 10.2 Å². The Morgan fingerprint density at radius 1 is 1.23 bits per heavy atom. The fourth-order valence-corrected chi connectivity index (χ4v) is 4.62. The van der Waals surface area contributed by atoms with E-state index < -0.39 is 18.3 Å². The van der Waals surface area contributed by atoms with E-state index in [9.17, 15) is 20.1 Å². The number of anilines is 1. The van der Waals surface area contributed by atoms with E-state index in [1.54, 1.807) is 11.6 Å². The molecular formula is C22H37N3O4S. The predicted molar refractivity (Wildman–Crippen MR) is 119 cm³/mol. The van der Waals surface area contributed by atoms with E-state index in [0.717, 1.165) is 57.8 Å². The summed E-state index contributed by atoms with van der Waals surface area (Å²) in [5, 5.41) is 41.5. The lowest BCUT2D eigenvalue weighted by atomic mass is 9.88. The van der Waals surface area contributed by atoms with E-state index in [-0.39, 0.29) is 17.7 Å². The van der Waals surface area contributed by atoms with Crippen LogP contribution in [-0.2, 0) is 4.79 Å². The van der Waals surface area contributed by atoms with Crippen LogP contribution in [0.4, 0.5) is 5.13 Å². The number of aliphatic hydroxyl groups is 3. The molecule has 1 amide bonds. The van der Waals surface area contributed by atoms with E-state index >= 15 is 0 Å². The summed E-state index contributed by atoms with van der Waals surface area (Å²) in [6.07, 6.45) is 11.6. The molecule has 0 unspecified atom stereocenters.